The number of carbonyl (C=O) groups is 1. The van der Waals surface area contributed by atoms with Crippen molar-refractivity contribution in [2.45, 2.75) is 320 Å². The van der Waals surface area contributed by atoms with Crippen molar-refractivity contribution in [1.82, 2.24) is 5.32 Å². The van der Waals surface area contributed by atoms with E-state index in [1.807, 2.05) is 6.08 Å². The van der Waals surface area contributed by atoms with Gasteiger partial charge in [-0.15, -0.1) is 0 Å². The van der Waals surface area contributed by atoms with Crippen LogP contribution < -0.4 is 5.32 Å². The third kappa shape index (κ3) is 44.2. The van der Waals surface area contributed by atoms with Crippen molar-refractivity contribution in [2.24, 2.45) is 0 Å². The molecule has 1 saturated heterocycles. The molecule has 0 saturated carbocycles. The molecule has 1 heterocycles. The number of hydrogen-bond acceptors (Lipinski definition) is 8. The number of carbonyl (C=O) groups excluding carboxylic acids is 1. The quantitative estimate of drug-likeness (QED) is 0.0261. The number of unbranched alkanes of at least 4 members (excludes halogenated alkanes) is 32. The van der Waals surface area contributed by atoms with Crippen molar-refractivity contribution in [1.29, 1.82) is 0 Å². The number of allylic oxidation sites excluding steroid dienone is 13. The van der Waals surface area contributed by atoms with Crippen LogP contribution in [0.15, 0.2) is 85.1 Å². The summed E-state index contributed by atoms with van der Waals surface area (Å²) in [4.78, 5) is 13.1. The van der Waals surface area contributed by atoms with Gasteiger partial charge in [-0.05, 0) is 77.0 Å². The molecule has 0 spiro atoms. The summed E-state index contributed by atoms with van der Waals surface area (Å²) in [6.45, 7) is 3.67. The Balaban J connectivity index is 2.20. The summed E-state index contributed by atoms with van der Waals surface area (Å²) in [6, 6.07) is -0.828. The van der Waals surface area contributed by atoms with Crippen LogP contribution in [-0.2, 0) is 14.3 Å². The molecule has 0 radical (unpaired) electrons. The molecule has 0 aromatic rings. The van der Waals surface area contributed by atoms with E-state index in [9.17, 15) is 30.3 Å². The molecule has 9 nitrogen and oxygen atoms in total. The minimum absolute atomic E-state index is 0.188. The second kappa shape index (κ2) is 55.7. The molecule has 1 fully saturated rings. The average Bonchev–Trinajstić information content (AvgIpc) is 3.42. The van der Waals surface area contributed by atoms with Gasteiger partial charge in [0.05, 0.1) is 25.4 Å². The van der Waals surface area contributed by atoms with E-state index in [0.717, 1.165) is 70.6 Å². The molecule has 0 aromatic heterocycles. The Hall–Kier alpha value is -2.63. The van der Waals surface area contributed by atoms with Gasteiger partial charge in [0.2, 0.25) is 5.91 Å². The minimum atomic E-state index is -1.58. The molecule has 76 heavy (non-hydrogen) atoms. The first-order valence-corrected chi connectivity index (χ1v) is 31.8. The summed E-state index contributed by atoms with van der Waals surface area (Å²) in [5.74, 6) is -0.188. The molecule has 0 bridgehead atoms. The van der Waals surface area contributed by atoms with Crippen molar-refractivity contribution in [2.75, 3.05) is 13.2 Å². The molecule has 440 valence electrons. The van der Waals surface area contributed by atoms with Crippen molar-refractivity contribution in [3.8, 4) is 0 Å². The van der Waals surface area contributed by atoms with Crippen LogP contribution in [0.2, 0.25) is 0 Å². The molecule has 0 aromatic carbocycles. The molecule has 7 unspecified atom stereocenters. The van der Waals surface area contributed by atoms with Crippen LogP contribution >= 0.6 is 0 Å². The summed E-state index contributed by atoms with van der Waals surface area (Å²) < 4.78 is 11.3. The highest BCUT2D eigenvalue weighted by atomic mass is 16.7. The topological polar surface area (TPSA) is 149 Å². The normalized spacial score (nSPS) is 19.4. The van der Waals surface area contributed by atoms with Gasteiger partial charge in [-0.25, -0.2) is 0 Å². The van der Waals surface area contributed by atoms with Gasteiger partial charge in [0.1, 0.15) is 24.4 Å². The summed E-state index contributed by atoms with van der Waals surface area (Å²) in [5, 5.41) is 54.6. The van der Waals surface area contributed by atoms with Gasteiger partial charge in [0.15, 0.2) is 6.29 Å². The highest BCUT2D eigenvalue weighted by Crippen LogP contribution is 2.23. The zero-order valence-electron chi connectivity index (χ0n) is 49.0. The average molecular weight is 1070 g/mol. The van der Waals surface area contributed by atoms with Gasteiger partial charge in [0, 0.05) is 6.42 Å². The predicted octanol–water partition coefficient (Wildman–Crippen LogP) is 16.6. The molecule has 1 aliphatic rings. The smallest absolute Gasteiger partial charge is 0.220 e. The van der Waals surface area contributed by atoms with Crippen LogP contribution in [0.1, 0.15) is 277 Å². The third-order valence-corrected chi connectivity index (χ3v) is 14.7. The standard InChI is InChI=1S/C67H119NO8/c1-3-5-7-9-11-13-15-17-19-21-23-25-27-29-30-31-32-33-35-37-39-41-43-45-47-49-51-53-55-57-63(71)68-60(59-75-67-66(74)65(73)64(72)62(58-69)76-67)61(70)56-54-52-50-48-46-44-42-40-38-36-34-28-26-24-22-20-18-16-14-12-10-8-6-4-2/h5,7,11,13,17,19,23,25,29-30,46,48,54,56,60-62,64-67,69-70,72-74H,3-4,6,8-10,12,14-16,18,20-22,24,26-28,31-45,47,49-53,55,57-59H2,1-2H3,(H,68,71)/b7-5-,13-11-,19-17-,25-23-,30-29-,48-46+,56-54+. The third-order valence-electron chi connectivity index (χ3n) is 14.7. The SMILES string of the molecule is CC/C=C\C/C=C\C/C=C\C/C=C\C/C=C\CCCCCCCCCCCCCCCC(=O)NC(COC1OC(CO)C(O)C(O)C1O)C(O)/C=C/CC/C=C/CCCCCCCCCCCCCCCCCCCC. The van der Waals surface area contributed by atoms with E-state index in [-0.39, 0.29) is 12.5 Å². The second-order valence-electron chi connectivity index (χ2n) is 21.8. The summed E-state index contributed by atoms with van der Waals surface area (Å²) in [5.41, 5.74) is 0. The number of hydrogen-bond donors (Lipinski definition) is 6. The number of nitrogens with one attached hydrogen (secondary N) is 1. The number of ether oxygens (including phenoxy) is 2. The highest BCUT2D eigenvalue weighted by Gasteiger charge is 2.44. The molecule has 1 rings (SSSR count). The van der Waals surface area contributed by atoms with Crippen molar-refractivity contribution in [3.63, 3.8) is 0 Å². The first-order valence-electron chi connectivity index (χ1n) is 31.8. The Kier molecular flexibility index (Phi) is 52.3. The predicted molar refractivity (Wildman–Crippen MR) is 322 cm³/mol. The van der Waals surface area contributed by atoms with Crippen LogP contribution in [0.4, 0.5) is 0 Å². The van der Waals surface area contributed by atoms with Gasteiger partial charge in [-0.2, -0.15) is 0 Å². The lowest BCUT2D eigenvalue weighted by atomic mass is 9.99. The Bertz CT molecular complexity index is 1470. The fourth-order valence-electron chi connectivity index (χ4n) is 9.73. The monoisotopic (exact) mass is 1070 g/mol. The molecule has 0 aliphatic carbocycles. The zero-order chi connectivity index (χ0) is 55.0. The van der Waals surface area contributed by atoms with Crippen molar-refractivity contribution < 1.29 is 39.8 Å². The molecule has 9 heteroatoms. The zero-order valence-corrected chi connectivity index (χ0v) is 49.0. The van der Waals surface area contributed by atoms with Gasteiger partial charge in [0.25, 0.3) is 0 Å². The lowest BCUT2D eigenvalue weighted by Crippen LogP contribution is -2.60. The van der Waals surface area contributed by atoms with Gasteiger partial charge in [-0.1, -0.05) is 279 Å². The highest BCUT2D eigenvalue weighted by molar-refractivity contribution is 5.76. The molecule has 6 N–H and O–H groups in total. The summed E-state index contributed by atoms with van der Waals surface area (Å²) >= 11 is 0. The Labute approximate surface area is 467 Å². The minimum Gasteiger partial charge on any atom is -0.394 e. The van der Waals surface area contributed by atoms with Gasteiger partial charge in [-0.3, -0.25) is 4.79 Å². The first kappa shape index (κ1) is 71.4. The number of rotatable bonds is 54. The molecule has 1 amide bonds. The summed E-state index contributed by atoms with van der Waals surface area (Å²) in [7, 11) is 0. The van der Waals surface area contributed by atoms with Crippen LogP contribution in [0.25, 0.3) is 0 Å². The summed E-state index contributed by atoms with van der Waals surface area (Å²) in [6.07, 6.45) is 72.3. The first-order chi connectivity index (χ1) is 37.3. The number of aliphatic hydroxyl groups is 5. The van der Waals surface area contributed by atoms with E-state index in [2.05, 4.69) is 92.1 Å². The largest absolute Gasteiger partial charge is 0.394 e. The van der Waals surface area contributed by atoms with Gasteiger partial charge < -0.3 is 40.3 Å². The van der Waals surface area contributed by atoms with Crippen LogP contribution in [0.5, 0.6) is 0 Å². The van der Waals surface area contributed by atoms with Crippen LogP contribution in [0.3, 0.4) is 0 Å². The van der Waals surface area contributed by atoms with E-state index in [0.29, 0.717) is 6.42 Å². The van der Waals surface area contributed by atoms with Crippen molar-refractivity contribution >= 4 is 5.91 Å². The fraction of sp³-hybridized carbons (Fsp3) is 0.776. The molecule has 7 atom stereocenters. The van der Waals surface area contributed by atoms with E-state index in [1.165, 1.54) is 186 Å². The number of aliphatic hydroxyl groups excluding tert-OH is 5. The fourth-order valence-corrected chi connectivity index (χ4v) is 9.73. The lowest BCUT2D eigenvalue weighted by molar-refractivity contribution is -0.302. The second-order valence-corrected chi connectivity index (χ2v) is 21.8. The molecular formula is C67H119NO8. The van der Waals surface area contributed by atoms with Crippen LogP contribution in [0, 0.1) is 0 Å². The maximum Gasteiger partial charge on any atom is 0.220 e. The van der Waals surface area contributed by atoms with Gasteiger partial charge >= 0.3 is 0 Å². The Morgan fingerprint density at radius 1 is 0.461 bits per heavy atom. The maximum absolute atomic E-state index is 13.1. The number of amides is 1. The Morgan fingerprint density at radius 3 is 1.26 bits per heavy atom. The Morgan fingerprint density at radius 2 is 0.829 bits per heavy atom. The lowest BCUT2D eigenvalue weighted by Gasteiger charge is -2.40. The van der Waals surface area contributed by atoms with E-state index in [1.54, 1.807) is 6.08 Å². The van der Waals surface area contributed by atoms with Crippen LogP contribution in [-0.4, -0.2) is 87.5 Å². The van der Waals surface area contributed by atoms with Crippen molar-refractivity contribution in [3.05, 3.63) is 85.1 Å². The van der Waals surface area contributed by atoms with E-state index in [4.69, 9.17) is 9.47 Å². The van der Waals surface area contributed by atoms with E-state index >= 15 is 0 Å². The van der Waals surface area contributed by atoms with E-state index < -0.39 is 49.5 Å². The molecule has 1 aliphatic heterocycles. The molecular weight excluding hydrogens is 947 g/mol. The maximum atomic E-state index is 13.1.